The van der Waals surface area contributed by atoms with Gasteiger partial charge in [0.2, 0.25) is 0 Å². The van der Waals surface area contributed by atoms with Crippen LogP contribution >= 0.6 is 11.6 Å². The van der Waals surface area contributed by atoms with E-state index < -0.39 is 55.4 Å². The molecule has 1 amide bonds. The van der Waals surface area contributed by atoms with E-state index in [1.54, 1.807) is 24.3 Å². The summed E-state index contributed by atoms with van der Waals surface area (Å²) in [6.07, 6.45) is -10.4. The van der Waals surface area contributed by atoms with Gasteiger partial charge in [-0.2, -0.15) is 26.3 Å². The van der Waals surface area contributed by atoms with Crippen LogP contribution in [0.2, 0.25) is 5.02 Å². The van der Waals surface area contributed by atoms with E-state index >= 15 is 0 Å². The number of benzene rings is 3. The van der Waals surface area contributed by atoms with Crippen LogP contribution in [0.5, 0.6) is 11.5 Å². The van der Waals surface area contributed by atoms with Gasteiger partial charge in [0.1, 0.15) is 11.5 Å². The molecule has 0 aliphatic rings. The molecule has 3 rings (SSSR count). The Balaban J connectivity index is 1.77. The zero-order valence-electron chi connectivity index (χ0n) is 19.7. The first-order chi connectivity index (χ1) is 17.4. The molecule has 0 spiro atoms. The van der Waals surface area contributed by atoms with Crippen molar-refractivity contribution in [3.05, 3.63) is 88.4 Å². The number of alkyl halides is 6. The minimum Gasteiger partial charge on any atom is -0.457 e. The molecule has 5 nitrogen and oxygen atoms in total. The minimum atomic E-state index is -5.21. The maximum Gasteiger partial charge on any atom is 0.416 e. The quantitative estimate of drug-likeness (QED) is 0.302. The summed E-state index contributed by atoms with van der Waals surface area (Å²) in [4.78, 5) is 11.4. The maximum absolute atomic E-state index is 13.2. The lowest BCUT2D eigenvalue weighted by atomic mass is 10.1. The van der Waals surface area contributed by atoms with Crippen molar-refractivity contribution in [2.75, 3.05) is 6.54 Å². The molecule has 0 radical (unpaired) electrons. The number of ether oxygens (including phenoxy) is 1. The van der Waals surface area contributed by atoms with E-state index in [1.807, 2.05) is 0 Å². The van der Waals surface area contributed by atoms with Gasteiger partial charge in [0.25, 0.3) is 5.91 Å². The van der Waals surface area contributed by atoms with Crippen LogP contribution in [0.15, 0.2) is 71.6 Å². The smallest absolute Gasteiger partial charge is 0.416 e. The van der Waals surface area contributed by atoms with Gasteiger partial charge in [-0.3, -0.25) is 4.79 Å². The monoisotopic (exact) mass is 579 g/mol. The summed E-state index contributed by atoms with van der Waals surface area (Å²) in [7, 11) is -4.77. The second kappa shape index (κ2) is 10.5. The average Bonchev–Trinajstić information content (AvgIpc) is 2.83. The highest BCUT2D eigenvalue weighted by molar-refractivity contribution is 7.92. The standard InChI is InChI=1S/C25H20ClF6NO4S/c1-23(2,38(35,36)21-12-16(24(27,28)29)11-17(13-21)25(30,31)32)14-33-22(34)15-3-7-19(8-4-15)37-20-9-5-18(26)6-10-20/h3-13H,14H2,1-2H3,(H,33,34). The number of amides is 1. The fourth-order valence-electron chi connectivity index (χ4n) is 3.20. The Morgan fingerprint density at radius 1 is 0.816 bits per heavy atom. The normalized spacial score (nSPS) is 12.8. The molecule has 0 saturated carbocycles. The number of carbonyl (C=O) groups excluding carboxylic acids is 1. The number of nitrogens with one attached hydrogen (secondary N) is 1. The zero-order chi connectivity index (χ0) is 28.5. The van der Waals surface area contributed by atoms with Crippen molar-refractivity contribution in [1.29, 1.82) is 0 Å². The van der Waals surface area contributed by atoms with Gasteiger partial charge in [-0.25, -0.2) is 8.42 Å². The summed E-state index contributed by atoms with van der Waals surface area (Å²) in [6, 6.07) is 12.4. The van der Waals surface area contributed by atoms with Gasteiger partial charge in [-0.15, -0.1) is 0 Å². The van der Waals surface area contributed by atoms with Crippen LogP contribution in [0.4, 0.5) is 26.3 Å². The van der Waals surface area contributed by atoms with Crippen LogP contribution in [0.25, 0.3) is 0 Å². The Hall–Kier alpha value is -3.25. The Morgan fingerprint density at radius 3 is 1.71 bits per heavy atom. The van der Waals surface area contributed by atoms with E-state index in [4.69, 9.17) is 16.3 Å². The highest BCUT2D eigenvalue weighted by Gasteiger charge is 2.42. The third-order valence-electron chi connectivity index (χ3n) is 5.44. The predicted molar refractivity (Wildman–Crippen MR) is 128 cm³/mol. The molecular weight excluding hydrogens is 560 g/mol. The van der Waals surface area contributed by atoms with Crippen molar-refractivity contribution in [3.8, 4) is 11.5 Å². The number of hydrogen-bond donors (Lipinski definition) is 1. The Kier molecular flexibility index (Phi) is 8.09. The second-order valence-electron chi connectivity index (χ2n) is 8.77. The van der Waals surface area contributed by atoms with Crippen molar-refractivity contribution in [3.63, 3.8) is 0 Å². The third kappa shape index (κ3) is 6.79. The Morgan fingerprint density at radius 2 is 1.26 bits per heavy atom. The third-order valence-corrected chi connectivity index (χ3v) is 8.15. The highest BCUT2D eigenvalue weighted by Crippen LogP contribution is 2.39. The maximum atomic E-state index is 13.2. The molecule has 204 valence electrons. The Bertz CT molecular complexity index is 1390. The molecule has 38 heavy (non-hydrogen) atoms. The molecule has 0 bridgehead atoms. The van der Waals surface area contributed by atoms with Gasteiger partial charge >= 0.3 is 12.4 Å². The molecule has 0 atom stereocenters. The zero-order valence-corrected chi connectivity index (χ0v) is 21.3. The molecule has 0 unspecified atom stereocenters. The van der Waals surface area contributed by atoms with Crippen LogP contribution in [0.1, 0.15) is 35.3 Å². The topological polar surface area (TPSA) is 72.5 Å². The van der Waals surface area contributed by atoms with Gasteiger partial charge in [-0.1, -0.05) is 11.6 Å². The molecule has 3 aromatic rings. The summed E-state index contributed by atoms with van der Waals surface area (Å²) in [6.45, 7) is 1.56. The average molecular weight is 580 g/mol. The van der Waals surface area contributed by atoms with Crippen molar-refractivity contribution in [1.82, 2.24) is 5.32 Å². The lowest BCUT2D eigenvalue weighted by Crippen LogP contribution is -2.44. The predicted octanol–water partition coefficient (Wildman–Crippen LogP) is 7.15. The molecule has 1 N–H and O–H groups in total. The van der Waals surface area contributed by atoms with Crippen molar-refractivity contribution < 1.29 is 44.3 Å². The largest absolute Gasteiger partial charge is 0.457 e. The van der Waals surface area contributed by atoms with Crippen LogP contribution in [-0.4, -0.2) is 25.6 Å². The van der Waals surface area contributed by atoms with E-state index in [9.17, 15) is 39.6 Å². The van der Waals surface area contributed by atoms with E-state index in [0.29, 0.717) is 16.5 Å². The highest BCUT2D eigenvalue weighted by atomic mass is 35.5. The van der Waals surface area contributed by atoms with Gasteiger partial charge in [-0.05, 0) is 80.6 Å². The molecule has 0 aliphatic heterocycles. The summed E-state index contributed by atoms with van der Waals surface area (Å²) in [5.74, 6) is 0.157. The van der Waals surface area contributed by atoms with Crippen molar-refractivity contribution >= 4 is 27.3 Å². The fraction of sp³-hybridized carbons (Fsp3) is 0.240. The molecule has 0 aromatic heterocycles. The summed E-state index contributed by atoms with van der Waals surface area (Å²) >= 11 is 5.82. The van der Waals surface area contributed by atoms with Gasteiger partial charge in [0.15, 0.2) is 9.84 Å². The SMILES string of the molecule is CC(C)(CNC(=O)c1ccc(Oc2ccc(Cl)cc2)cc1)S(=O)(=O)c1cc(C(F)(F)F)cc(C(F)(F)F)c1. The lowest BCUT2D eigenvalue weighted by molar-refractivity contribution is -0.143. The molecule has 3 aromatic carbocycles. The fourth-order valence-corrected chi connectivity index (χ4v) is 4.79. The van der Waals surface area contributed by atoms with Crippen LogP contribution in [-0.2, 0) is 22.2 Å². The summed E-state index contributed by atoms with van der Waals surface area (Å²) in [5.41, 5.74) is -3.40. The van der Waals surface area contributed by atoms with Crippen molar-refractivity contribution in [2.24, 2.45) is 0 Å². The van der Waals surface area contributed by atoms with Gasteiger partial charge < -0.3 is 10.1 Å². The summed E-state index contributed by atoms with van der Waals surface area (Å²) in [5, 5.41) is 2.88. The van der Waals surface area contributed by atoms with Gasteiger partial charge in [0, 0.05) is 17.1 Å². The molecule has 13 heteroatoms. The number of rotatable bonds is 7. The molecule has 0 saturated heterocycles. The number of halogens is 7. The van der Waals surface area contributed by atoms with Crippen LogP contribution < -0.4 is 10.1 Å². The second-order valence-corrected chi connectivity index (χ2v) is 11.8. The van der Waals surface area contributed by atoms with E-state index in [2.05, 4.69) is 5.32 Å². The number of carbonyl (C=O) groups is 1. The lowest BCUT2D eigenvalue weighted by Gasteiger charge is -2.26. The first-order valence-corrected chi connectivity index (χ1v) is 12.6. The molecular formula is C25H20ClF6NO4S. The van der Waals surface area contributed by atoms with Gasteiger partial charge in [0.05, 0.1) is 20.8 Å². The number of hydrogen-bond acceptors (Lipinski definition) is 4. The van der Waals surface area contributed by atoms with E-state index in [0.717, 1.165) is 13.8 Å². The first-order valence-electron chi connectivity index (χ1n) is 10.8. The van der Waals surface area contributed by atoms with Crippen molar-refractivity contribution in [2.45, 2.75) is 35.8 Å². The van der Waals surface area contributed by atoms with Crippen LogP contribution in [0.3, 0.4) is 0 Å². The van der Waals surface area contributed by atoms with E-state index in [1.165, 1.54) is 24.3 Å². The molecule has 0 heterocycles. The van der Waals surface area contributed by atoms with E-state index in [-0.39, 0.29) is 23.8 Å². The minimum absolute atomic E-state index is 0.111. The summed E-state index contributed by atoms with van der Waals surface area (Å²) < 4.78 is 109. The van der Waals surface area contributed by atoms with Crippen LogP contribution in [0, 0.1) is 0 Å². The Labute approximate surface area is 219 Å². The number of sulfone groups is 1. The molecule has 0 fully saturated rings. The molecule has 0 aliphatic carbocycles. The first kappa shape index (κ1) is 29.3.